The fraction of sp³-hybridized carbons (Fsp3) is 0.312. The molecule has 0 aliphatic rings. The molecule has 26 heavy (non-hydrogen) atoms. The van der Waals surface area contributed by atoms with Crippen LogP contribution in [-0.2, 0) is 27.9 Å². The third-order valence-electron chi connectivity index (χ3n) is 3.44. The normalized spacial score (nSPS) is 11.3. The lowest BCUT2D eigenvalue weighted by molar-refractivity contribution is -0.116. The first-order valence-electron chi connectivity index (χ1n) is 7.99. The number of aromatic nitrogens is 2. The van der Waals surface area contributed by atoms with Crippen LogP contribution in [0.15, 0.2) is 41.6 Å². The van der Waals surface area contributed by atoms with Crippen LogP contribution in [0.25, 0.3) is 0 Å². The Hall–Kier alpha value is -2.72. The summed E-state index contributed by atoms with van der Waals surface area (Å²) in [4.78, 5) is 22.9. The summed E-state index contributed by atoms with van der Waals surface area (Å²) in [6, 6.07) is 5.52. The van der Waals surface area contributed by atoms with Crippen molar-refractivity contribution in [2.75, 3.05) is 6.54 Å². The van der Waals surface area contributed by atoms with Crippen molar-refractivity contribution in [2.24, 2.45) is 5.73 Å². The molecule has 0 aliphatic heterocycles. The van der Waals surface area contributed by atoms with Crippen LogP contribution in [0.5, 0.6) is 0 Å². The molecule has 0 atom stereocenters. The highest BCUT2D eigenvalue weighted by Gasteiger charge is 2.16. The van der Waals surface area contributed by atoms with Gasteiger partial charge in [0.1, 0.15) is 0 Å². The predicted octanol–water partition coefficient (Wildman–Crippen LogP) is -0.0133. The van der Waals surface area contributed by atoms with Crippen LogP contribution in [-0.4, -0.2) is 36.6 Å². The average molecular weight is 379 g/mol. The minimum Gasteiger partial charge on any atom is -0.369 e. The molecule has 4 N–H and O–H groups in total. The maximum absolute atomic E-state index is 12.3. The first-order valence-corrected chi connectivity index (χ1v) is 9.47. The second-order valence-electron chi connectivity index (χ2n) is 5.61. The Bertz CT molecular complexity index is 892. The number of primary amides is 1. The molecule has 2 amide bonds. The third kappa shape index (κ3) is 5.39. The zero-order valence-corrected chi connectivity index (χ0v) is 15.1. The van der Waals surface area contributed by atoms with Gasteiger partial charge in [-0.3, -0.25) is 14.3 Å². The maximum Gasteiger partial charge on any atom is 0.251 e. The number of sulfonamides is 1. The first-order chi connectivity index (χ1) is 12.3. The summed E-state index contributed by atoms with van der Waals surface area (Å²) in [7, 11) is -3.93. The molecular formula is C16H21N5O4S. The number of nitrogens with zero attached hydrogens (tertiary/aromatic N) is 2. The van der Waals surface area contributed by atoms with E-state index in [9.17, 15) is 18.0 Å². The Kier molecular flexibility index (Phi) is 6.47. The molecule has 0 fully saturated rings. The lowest BCUT2D eigenvalue weighted by Gasteiger charge is -2.08. The highest BCUT2D eigenvalue weighted by atomic mass is 32.2. The molecular weight excluding hydrogens is 358 g/mol. The van der Waals surface area contributed by atoms with Gasteiger partial charge >= 0.3 is 0 Å². The maximum atomic E-state index is 12.3. The molecule has 0 saturated carbocycles. The van der Waals surface area contributed by atoms with Gasteiger partial charge < -0.3 is 11.1 Å². The van der Waals surface area contributed by atoms with E-state index in [1.54, 1.807) is 10.9 Å². The van der Waals surface area contributed by atoms with Gasteiger partial charge in [0, 0.05) is 30.4 Å². The lowest BCUT2D eigenvalue weighted by Crippen LogP contribution is -2.33. The van der Waals surface area contributed by atoms with E-state index in [0.717, 1.165) is 18.5 Å². The zero-order chi connectivity index (χ0) is 19.2. The van der Waals surface area contributed by atoms with Crippen LogP contribution in [0.3, 0.4) is 0 Å². The number of aryl methyl sites for hydroxylation is 1. The number of amides is 2. The van der Waals surface area contributed by atoms with Crippen molar-refractivity contribution in [3.63, 3.8) is 0 Å². The predicted molar refractivity (Wildman–Crippen MR) is 94.5 cm³/mol. The Morgan fingerprint density at radius 1 is 1.31 bits per heavy atom. The van der Waals surface area contributed by atoms with Crippen molar-refractivity contribution in [1.82, 2.24) is 19.8 Å². The summed E-state index contributed by atoms with van der Waals surface area (Å²) in [5, 5.41) is 6.90. The van der Waals surface area contributed by atoms with E-state index in [1.165, 1.54) is 24.3 Å². The second kappa shape index (κ2) is 8.59. The van der Waals surface area contributed by atoms with Crippen molar-refractivity contribution in [3.05, 3.63) is 47.8 Å². The van der Waals surface area contributed by atoms with Crippen molar-refractivity contribution in [2.45, 2.75) is 31.3 Å². The van der Waals surface area contributed by atoms with Crippen molar-refractivity contribution in [1.29, 1.82) is 0 Å². The Labute approximate surface area is 151 Å². The molecule has 0 aliphatic carbocycles. The SMILES string of the molecule is CCCn1cc(CNC(=O)c2cccc(S(=O)(=O)NCC(N)=O)c2)cn1. The summed E-state index contributed by atoms with van der Waals surface area (Å²) in [5.74, 6) is -1.22. The number of carbonyl (C=O) groups is 2. The molecule has 0 spiro atoms. The van der Waals surface area contributed by atoms with Gasteiger partial charge in [0.2, 0.25) is 15.9 Å². The van der Waals surface area contributed by atoms with Crippen molar-refractivity contribution >= 4 is 21.8 Å². The number of nitrogens with one attached hydrogen (secondary N) is 2. The number of nitrogens with two attached hydrogens (primary N) is 1. The molecule has 0 radical (unpaired) electrons. The quantitative estimate of drug-likeness (QED) is 0.563. The molecule has 0 bridgehead atoms. The molecule has 0 saturated heterocycles. The number of hydrogen-bond donors (Lipinski definition) is 3. The fourth-order valence-electron chi connectivity index (χ4n) is 2.19. The average Bonchev–Trinajstić information content (AvgIpc) is 3.06. The van der Waals surface area contributed by atoms with Gasteiger partial charge in [-0.05, 0) is 24.6 Å². The summed E-state index contributed by atoms with van der Waals surface area (Å²) in [5.41, 5.74) is 5.97. The summed E-state index contributed by atoms with van der Waals surface area (Å²) in [6.45, 7) is 2.61. The summed E-state index contributed by atoms with van der Waals surface area (Å²) < 4.78 is 28.0. The number of carbonyl (C=O) groups excluding carboxylic acids is 2. The molecule has 1 heterocycles. The molecule has 0 unspecified atom stereocenters. The van der Waals surface area contributed by atoms with E-state index in [4.69, 9.17) is 5.73 Å². The number of rotatable bonds is 9. The van der Waals surface area contributed by atoms with Gasteiger partial charge in [0.25, 0.3) is 5.91 Å². The van der Waals surface area contributed by atoms with Gasteiger partial charge in [-0.15, -0.1) is 0 Å². The molecule has 1 aromatic heterocycles. The highest BCUT2D eigenvalue weighted by molar-refractivity contribution is 7.89. The lowest BCUT2D eigenvalue weighted by atomic mass is 10.2. The standard InChI is InChI=1S/C16H21N5O4S/c1-2-6-21-11-12(9-19-21)8-18-16(23)13-4-3-5-14(7-13)26(24,25)20-10-15(17)22/h3-5,7,9,11,20H,2,6,8,10H2,1H3,(H2,17,22)(H,18,23). The fourth-order valence-corrected chi connectivity index (χ4v) is 3.23. The zero-order valence-electron chi connectivity index (χ0n) is 14.3. The third-order valence-corrected chi connectivity index (χ3v) is 4.83. The van der Waals surface area contributed by atoms with E-state index < -0.39 is 28.4 Å². The summed E-state index contributed by atoms with van der Waals surface area (Å²) in [6.07, 6.45) is 4.47. The minimum atomic E-state index is -3.93. The topological polar surface area (TPSA) is 136 Å². The molecule has 140 valence electrons. The monoisotopic (exact) mass is 379 g/mol. The van der Waals surface area contributed by atoms with E-state index in [2.05, 4.69) is 15.1 Å². The molecule has 1 aromatic carbocycles. The van der Waals surface area contributed by atoms with Gasteiger partial charge in [-0.1, -0.05) is 13.0 Å². The molecule has 9 nitrogen and oxygen atoms in total. The highest BCUT2D eigenvalue weighted by Crippen LogP contribution is 2.11. The van der Waals surface area contributed by atoms with Crippen LogP contribution < -0.4 is 15.8 Å². The second-order valence-corrected chi connectivity index (χ2v) is 7.38. The van der Waals surface area contributed by atoms with Crippen LogP contribution in [0.2, 0.25) is 0 Å². The van der Waals surface area contributed by atoms with Crippen molar-refractivity contribution < 1.29 is 18.0 Å². The van der Waals surface area contributed by atoms with Crippen LogP contribution >= 0.6 is 0 Å². The first kappa shape index (κ1) is 19.6. The van der Waals surface area contributed by atoms with E-state index in [-0.39, 0.29) is 17.0 Å². The van der Waals surface area contributed by atoms with E-state index in [0.29, 0.717) is 0 Å². The number of benzene rings is 1. The van der Waals surface area contributed by atoms with Crippen LogP contribution in [0, 0.1) is 0 Å². The van der Waals surface area contributed by atoms with E-state index >= 15 is 0 Å². The van der Waals surface area contributed by atoms with Gasteiger partial charge in [0.05, 0.1) is 17.6 Å². The van der Waals surface area contributed by atoms with Crippen LogP contribution in [0.4, 0.5) is 0 Å². The van der Waals surface area contributed by atoms with E-state index in [1.807, 2.05) is 13.1 Å². The molecule has 2 aromatic rings. The smallest absolute Gasteiger partial charge is 0.251 e. The largest absolute Gasteiger partial charge is 0.369 e. The Balaban J connectivity index is 2.03. The van der Waals surface area contributed by atoms with Gasteiger partial charge in [-0.25, -0.2) is 13.1 Å². The molecule has 10 heteroatoms. The number of hydrogen-bond acceptors (Lipinski definition) is 5. The van der Waals surface area contributed by atoms with Gasteiger partial charge in [-0.2, -0.15) is 5.10 Å². The van der Waals surface area contributed by atoms with Gasteiger partial charge in [0.15, 0.2) is 0 Å². The van der Waals surface area contributed by atoms with Crippen LogP contribution in [0.1, 0.15) is 29.3 Å². The molecule has 2 rings (SSSR count). The Morgan fingerprint density at radius 2 is 2.08 bits per heavy atom. The van der Waals surface area contributed by atoms with Crippen molar-refractivity contribution in [3.8, 4) is 0 Å². The Morgan fingerprint density at radius 3 is 2.77 bits per heavy atom. The minimum absolute atomic E-state index is 0.123. The summed E-state index contributed by atoms with van der Waals surface area (Å²) >= 11 is 0.